The van der Waals surface area contributed by atoms with E-state index >= 15 is 0 Å². The van der Waals surface area contributed by atoms with Crippen LogP contribution in [-0.4, -0.2) is 27.6 Å². The van der Waals surface area contributed by atoms with Crippen LogP contribution in [0.4, 0.5) is 5.69 Å². The zero-order chi connectivity index (χ0) is 14.4. The topological polar surface area (TPSA) is 75.1 Å². The van der Waals surface area contributed by atoms with Crippen LogP contribution in [0.5, 0.6) is 0 Å². The van der Waals surface area contributed by atoms with Crippen LogP contribution in [0.2, 0.25) is 5.15 Å². The second-order valence-corrected chi connectivity index (χ2v) is 4.60. The molecule has 1 aromatic carbocycles. The summed E-state index contributed by atoms with van der Waals surface area (Å²) in [7, 11) is 0. The number of aliphatic hydroxyl groups excluding tert-OH is 1. The van der Waals surface area contributed by atoms with Gasteiger partial charge in [0.15, 0.2) is 0 Å². The Morgan fingerprint density at radius 3 is 2.95 bits per heavy atom. The van der Waals surface area contributed by atoms with Gasteiger partial charge in [0.1, 0.15) is 10.8 Å². The molecule has 0 aliphatic carbocycles. The molecule has 0 radical (unpaired) electrons. The van der Waals surface area contributed by atoms with Gasteiger partial charge in [0.05, 0.1) is 12.4 Å². The standard InChI is InChI=1S/C14H14ClN3O2/c15-13-9-16-8-12(18-13)14(20)17-11-5-1-3-10(7-11)4-2-6-19/h1,3,5,7-9,19H,2,4,6H2,(H,17,20). The van der Waals surface area contributed by atoms with E-state index in [0.29, 0.717) is 12.1 Å². The quantitative estimate of drug-likeness (QED) is 0.886. The average molecular weight is 292 g/mol. The Morgan fingerprint density at radius 2 is 2.20 bits per heavy atom. The number of carbonyl (C=O) groups excluding carboxylic acids is 1. The lowest BCUT2D eigenvalue weighted by Crippen LogP contribution is -2.14. The molecule has 2 aromatic rings. The van der Waals surface area contributed by atoms with Crippen LogP contribution in [0.25, 0.3) is 0 Å². The molecule has 1 aromatic heterocycles. The van der Waals surface area contributed by atoms with Gasteiger partial charge in [-0.3, -0.25) is 9.78 Å². The summed E-state index contributed by atoms with van der Waals surface area (Å²) in [6, 6.07) is 7.46. The minimum absolute atomic E-state index is 0.148. The van der Waals surface area contributed by atoms with Gasteiger partial charge in [-0.1, -0.05) is 23.7 Å². The van der Waals surface area contributed by atoms with Crippen molar-refractivity contribution in [3.63, 3.8) is 0 Å². The molecule has 0 atom stereocenters. The first-order chi connectivity index (χ1) is 9.69. The molecular formula is C14H14ClN3O2. The number of rotatable bonds is 5. The van der Waals surface area contributed by atoms with Gasteiger partial charge in [0.2, 0.25) is 0 Å². The highest BCUT2D eigenvalue weighted by molar-refractivity contribution is 6.29. The molecule has 0 saturated heterocycles. The predicted molar refractivity (Wildman–Crippen MR) is 76.8 cm³/mol. The smallest absolute Gasteiger partial charge is 0.275 e. The minimum atomic E-state index is -0.362. The molecule has 1 heterocycles. The Kier molecular flexibility index (Phi) is 5.03. The van der Waals surface area contributed by atoms with Crippen LogP contribution in [0.3, 0.4) is 0 Å². The Labute approximate surface area is 121 Å². The maximum absolute atomic E-state index is 12.0. The number of aryl methyl sites for hydroxylation is 1. The van der Waals surface area contributed by atoms with Crippen molar-refractivity contribution in [1.29, 1.82) is 0 Å². The fraction of sp³-hybridized carbons (Fsp3) is 0.214. The normalized spacial score (nSPS) is 10.3. The summed E-state index contributed by atoms with van der Waals surface area (Å²) in [4.78, 5) is 19.7. The molecule has 0 unspecified atom stereocenters. The van der Waals surface area contributed by atoms with Crippen LogP contribution in [-0.2, 0) is 6.42 Å². The summed E-state index contributed by atoms with van der Waals surface area (Å²) in [5, 5.41) is 11.7. The largest absolute Gasteiger partial charge is 0.396 e. The SMILES string of the molecule is O=C(Nc1cccc(CCCO)c1)c1cncc(Cl)n1. The lowest BCUT2D eigenvalue weighted by atomic mass is 10.1. The van der Waals surface area contributed by atoms with E-state index in [1.807, 2.05) is 18.2 Å². The number of anilines is 1. The predicted octanol–water partition coefficient (Wildman–Crippen LogP) is 2.31. The molecule has 0 spiro atoms. The Bertz CT molecular complexity index is 604. The highest BCUT2D eigenvalue weighted by Gasteiger charge is 2.09. The summed E-state index contributed by atoms with van der Waals surface area (Å²) < 4.78 is 0. The van der Waals surface area contributed by atoms with Gasteiger partial charge in [-0.25, -0.2) is 4.98 Å². The van der Waals surface area contributed by atoms with Gasteiger partial charge in [-0.2, -0.15) is 0 Å². The summed E-state index contributed by atoms with van der Waals surface area (Å²) in [5.41, 5.74) is 1.89. The first-order valence-electron chi connectivity index (χ1n) is 6.18. The number of benzene rings is 1. The van der Waals surface area contributed by atoms with Crippen molar-refractivity contribution >= 4 is 23.2 Å². The number of hydrogen-bond donors (Lipinski definition) is 2. The minimum Gasteiger partial charge on any atom is -0.396 e. The van der Waals surface area contributed by atoms with Crippen LogP contribution >= 0.6 is 11.6 Å². The van der Waals surface area contributed by atoms with Gasteiger partial charge < -0.3 is 10.4 Å². The highest BCUT2D eigenvalue weighted by Crippen LogP contribution is 2.13. The molecule has 0 aliphatic heterocycles. The van der Waals surface area contributed by atoms with E-state index in [9.17, 15) is 4.79 Å². The molecule has 1 amide bonds. The number of nitrogens with zero attached hydrogens (tertiary/aromatic N) is 2. The van der Waals surface area contributed by atoms with Gasteiger partial charge in [-0.15, -0.1) is 0 Å². The van der Waals surface area contributed by atoms with E-state index in [1.165, 1.54) is 12.4 Å². The number of amides is 1. The summed E-state index contributed by atoms with van der Waals surface area (Å²) in [6.45, 7) is 0.148. The molecular weight excluding hydrogens is 278 g/mol. The van der Waals surface area contributed by atoms with E-state index in [0.717, 1.165) is 12.0 Å². The summed E-state index contributed by atoms with van der Waals surface area (Å²) in [5.74, 6) is -0.362. The first-order valence-corrected chi connectivity index (χ1v) is 6.55. The second-order valence-electron chi connectivity index (χ2n) is 4.21. The van der Waals surface area contributed by atoms with Gasteiger partial charge in [0, 0.05) is 12.3 Å². The third-order valence-electron chi connectivity index (χ3n) is 2.65. The monoisotopic (exact) mass is 291 g/mol. The molecule has 0 saturated carbocycles. The lowest BCUT2D eigenvalue weighted by molar-refractivity contribution is 0.102. The first kappa shape index (κ1) is 14.4. The van der Waals surface area contributed by atoms with E-state index in [4.69, 9.17) is 16.7 Å². The van der Waals surface area contributed by atoms with Crippen molar-refractivity contribution < 1.29 is 9.90 Å². The Balaban J connectivity index is 2.07. The maximum atomic E-state index is 12.0. The second kappa shape index (κ2) is 6.98. The maximum Gasteiger partial charge on any atom is 0.275 e. The van der Waals surface area contributed by atoms with Crippen LogP contribution in [0.1, 0.15) is 22.5 Å². The average Bonchev–Trinajstić information content (AvgIpc) is 2.45. The van der Waals surface area contributed by atoms with Crippen molar-refractivity contribution in [2.45, 2.75) is 12.8 Å². The fourth-order valence-electron chi connectivity index (χ4n) is 1.73. The molecule has 2 rings (SSSR count). The highest BCUT2D eigenvalue weighted by atomic mass is 35.5. The third-order valence-corrected chi connectivity index (χ3v) is 2.83. The third kappa shape index (κ3) is 4.01. The summed E-state index contributed by atoms with van der Waals surface area (Å²) in [6.07, 6.45) is 4.18. The summed E-state index contributed by atoms with van der Waals surface area (Å²) >= 11 is 5.70. The van der Waals surface area contributed by atoms with E-state index in [-0.39, 0.29) is 23.4 Å². The van der Waals surface area contributed by atoms with Crippen molar-refractivity contribution in [1.82, 2.24) is 9.97 Å². The molecule has 6 heteroatoms. The number of nitrogens with one attached hydrogen (secondary N) is 1. The van der Waals surface area contributed by atoms with Crippen molar-refractivity contribution in [2.24, 2.45) is 0 Å². The van der Waals surface area contributed by atoms with Crippen molar-refractivity contribution in [2.75, 3.05) is 11.9 Å². The molecule has 104 valence electrons. The number of hydrogen-bond acceptors (Lipinski definition) is 4. The lowest BCUT2D eigenvalue weighted by Gasteiger charge is -2.07. The van der Waals surface area contributed by atoms with Crippen LogP contribution in [0.15, 0.2) is 36.7 Å². The number of aliphatic hydroxyl groups is 1. The van der Waals surface area contributed by atoms with Gasteiger partial charge in [-0.05, 0) is 30.5 Å². The van der Waals surface area contributed by atoms with E-state index in [1.54, 1.807) is 6.07 Å². The molecule has 5 nitrogen and oxygen atoms in total. The van der Waals surface area contributed by atoms with Crippen LogP contribution < -0.4 is 5.32 Å². The number of carbonyl (C=O) groups is 1. The van der Waals surface area contributed by atoms with Crippen molar-refractivity contribution in [3.05, 3.63) is 53.1 Å². The van der Waals surface area contributed by atoms with Gasteiger partial charge >= 0.3 is 0 Å². The number of halogens is 1. The Hall–Kier alpha value is -1.98. The number of aromatic nitrogens is 2. The van der Waals surface area contributed by atoms with Crippen LogP contribution in [0, 0.1) is 0 Å². The zero-order valence-corrected chi connectivity index (χ0v) is 11.5. The molecule has 20 heavy (non-hydrogen) atoms. The molecule has 2 N–H and O–H groups in total. The zero-order valence-electron chi connectivity index (χ0n) is 10.7. The molecule has 0 fully saturated rings. The molecule has 0 aliphatic rings. The van der Waals surface area contributed by atoms with E-state index in [2.05, 4.69) is 15.3 Å². The van der Waals surface area contributed by atoms with Gasteiger partial charge in [0.25, 0.3) is 5.91 Å². The Morgan fingerprint density at radius 1 is 1.35 bits per heavy atom. The fourth-order valence-corrected chi connectivity index (χ4v) is 1.88. The molecule has 0 bridgehead atoms. The van der Waals surface area contributed by atoms with E-state index < -0.39 is 0 Å². The van der Waals surface area contributed by atoms with Crippen molar-refractivity contribution in [3.8, 4) is 0 Å².